The molecule has 0 radical (unpaired) electrons. The number of aryl methyl sites for hydroxylation is 1. The summed E-state index contributed by atoms with van der Waals surface area (Å²) >= 11 is 0. The monoisotopic (exact) mass is 205 g/mol. The van der Waals surface area contributed by atoms with Crippen LogP contribution in [-0.2, 0) is 0 Å². The molecule has 0 spiro atoms. The maximum atomic E-state index is 5.40. The third kappa shape index (κ3) is 3.47. The highest BCUT2D eigenvalue weighted by Crippen LogP contribution is 2.13. The van der Waals surface area contributed by atoms with Crippen LogP contribution in [0.1, 0.15) is 19.5 Å². The molecule has 4 heteroatoms. The Morgan fingerprint density at radius 3 is 2.93 bits per heavy atom. The van der Waals surface area contributed by atoms with E-state index in [-0.39, 0.29) is 6.10 Å². The third-order valence-electron chi connectivity index (χ3n) is 1.70. The normalized spacial score (nSPS) is 11.6. The first-order valence-electron chi connectivity index (χ1n) is 4.88. The average molecular weight is 205 g/mol. The molecule has 0 aliphatic carbocycles. The zero-order valence-electron chi connectivity index (χ0n) is 9.24. The topological polar surface area (TPSA) is 47.0 Å². The first-order chi connectivity index (χ1) is 7.15. The molecule has 0 amide bonds. The van der Waals surface area contributed by atoms with Gasteiger partial charge in [-0.15, -0.1) is 6.42 Å². The summed E-state index contributed by atoms with van der Waals surface area (Å²) in [7, 11) is 0. The Morgan fingerprint density at radius 1 is 1.60 bits per heavy atom. The lowest BCUT2D eigenvalue weighted by atomic mass is 10.4. The first kappa shape index (κ1) is 11.3. The minimum Gasteiger partial charge on any atom is -0.461 e. The molecule has 0 saturated heterocycles. The quantitative estimate of drug-likeness (QED) is 0.759. The molecule has 15 heavy (non-hydrogen) atoms. The molecule has 1 aromatic heterocycles. The van der Waals surface area contributed by atoms with Crippen molar-refractivity contribution in [2.24, 2.45) is 0 Å². The lowest BCUT2D eigenvalue weighted by Gasteiger charge is -2.10. The maximum absolute atomic E-state index is 5.40. The predicted octanol–water partition coefficient (Wildman–Crippen LogP) is 1.62. The molecule has 0 fully saturated rings. The number of hydrogen-bond acceptors (Lipinski definition) is 4. The highest BCUT2D eigenvalue weighted by molar-refractivity contribution is 5.30. The fraction of sp³-hybridized carbons (Fsp3) is 0.455. The van der Waals surface area contributed by atoms with Gasteiger partial charge in [0, 0.05) is 18.3 Å². The molecule has 1 atom stereocenters. The fourth-order valence-electron chi connectivity index (χ4n) is 1.05. The number of rotatable bonds is 4. The van der Waals surface area contributed by atoms with Crippen LogP contribution in [0.3, 0.4) is 0 Å². The molecular formula is C11H15N3O. The van der Waals surface area contributed by atoms with Crippen LogP contribution in [0.15, 0.2) is 6.07 Å². The van der Waals surface area contributed by atoms with Gasteiger partial charge in [0.2, 0.25) is 11.8 Å². The summed E-state index contributed by atoms with van der Waals surface area (Å²) in [6.07, 6.45) is 4.94. The number of anilines is 1. The zero-order chi connectivity index (χ0) is 11.3. The van der Waals surface area contributed by atoms with Crippen molar-refractivity contribution in [1.29, 1.82) is 0 Å². The van der Waals surface area contributed by atoms with Crippen LogP contribution in [0.2, 0.25) is 0 Å². The van der Waals surface area contributed by atoms with Crippen molar-refractivity contribution < 1.29 is 4.74 Å². The molecule has 0 bridgehead atoms. The molecule has 1 N–H and O–H groups in total. The molecular weight excluding hydrogens is 190 g/mol. The largest absolute Gasteiger partial charge is 0.461 e. The van der Waals surface area contributed by atoms with E-state index in [0.29, 0.717) is 11.8 Å². The van der Waals surface area contributed by atoms with Gasteiger partial charge < -0.3 is 10.1 Å². The van der Waals surface area contributed by atoms with Crippen LogP contribution in [0.5, 0.6) is 5.88 Å². The van der Waals surface area contributed by atoms with E-state index in [0.717, 1.165) is 12.2 Å². The van der Waals surface area contributed by atoms with Gasteiger partial charge in [0.05, 0.1) is 0 Å². The van der Waals surface area contributed by atoms with Gasteiger partial charge in [-0.1, -0.05) is 5.92 Å². The summed E-state index contributed by atoms with van der Waals surface area (Å²) in [5.74, 6) is 3.55. The Morgan fingerprint density at radius 2 is 2.33 bits per heavy atom. The van der Waals surface area contributed by atoms with Crippen molar-refractivity contribution in [3.63, 3.8) is 0 Å². The minimum absolute atomic E-state index is 0.284. The van der Waals surface area contributed by atoms with E-state index in [9.17, 15) is 0 Å². The van der Waals surface area contributed by atoms with E-state index in [1.807, 2.05) is 13.8 Å². The van der Waals surface area contributed by atoms with Crippen molar-refractivity contribution in [3.8, 4) is 18.2 Å². The highest BCUT2D eigenvalue weighted by Gasteiger charge is 2.04. The summed E-state index contributed by atoms with van der Waals surface area (Å²) in [4.78, 5) is 8.37. The van der Waals surface area contributed by atoms with Gasteiger partial charge in [-0.3, -0.25) is 0 Å². The van der Waals surface area contributed by atoms with Crippen LogP contribution in [0, 0.1) is 19.3 Å². The summed E-state index contributed by atoms with van der Waals surface area (Å²) in [5.41, 5.74) is 0.847. The van der Waals surface area contributed by atoms with Crippen molar-refractivity contribution >= 4 is 5.95 Å². The fourth-order valence-corrected chi connectivity index (χ4v) is 1.05. The molecule has 0 aliphatic heterocycles. The smallest absolute Gasteiger partial charge is 0.226 e. The standard InChI is InChI=1S/C11H15N3O/c1-5-9(4)15-10-7-8(3)13-11(14-10)12-6-2/h1,7,9H,6H2,2-4H3,(H,12,13,14). The number of ether oxygens (including phenoxy) is 1. The van der Waals surface area contributed by atoms with Gasteiger partial charge in [-0.25, -0.2) is 4.98 Å². The van der Waals surface area contributed by atoms with E-state index >= 15 is 0 Å². The van der Waals surface area contributed by atoms with Gasteiger partial charge in [0.1, 0.15) is 0 Å². The van der Waals surface area contributed by atoms with Crippen molar-refractivity contribution in [1.82, 2.24) is 9.97 Å². The van der Waals surface area contributed by atoms with Gasteiger partial charge >= 0.3 is 0 Å². The number of nitrogens with one attached hydrogen (secondary N) is 1. The van der Waals surface area contributed by atoms with Crippen LogP contribution in [0.25, 0.3) is 0 Å². The van der Waals surface area contributed by atoms with E-state index in [4.69, 9.17) is 11.2 Å². The summed E-state index contributed by atoms with van der Waals surface area (Å²) in [5, 5.41) is 3.03. The van der Waals surface area contributed by atoms with Gasteiger partial charge in [-0.05, 0) is 20.8 Å². The molecule has 80 valence electrons. The molecule has 0 aliphatic rings. The molecule has 1 heterocycles. The SMILES string of the molecule is C#CC(C)Oc1cc(C)nc(NCC)n1. The second kappa shape index (κ2) is 5.20. The van der Waals surface area contributed by atoms with Crippen LogP contribution in [0.4, 0.5) is 5.95 Å². The lowest BCUT2D eigenvalue weighted by Crippen LogP contribution is -2.11. The highest BCUT2D eigenvalue weighted by atomic mass is 16.5. The first-order valence-corrected chi connectivity index (χ1v) is 4.88. The number of aromatic nitrogens is 2. The molecule has 0 aromatic carbocycles. The minimum atomic E-state index is -0.284. The molecule has 1 unspecified atom stereocenters. The molecule has 0 saturated carbocycles. The molecule has 1 rings (SSSR count). The Balaban J connectivity index is 2.84. The van der Waals surface area contributed by atoms with Crippen molar-refractivity contribution in [3.05, 3.63) is 11.8 Å². The van der Waals surface area contributed by atoms with Crippen molar-refractivity contribution in [2.45, 2.75) is 26.9 Å². The number of nitrogens with zero attached hydrogens (tertiary/aromatic N) is 2. The van der Waals surface area contributed by atoms with E-state index < -0.39 is 0 Å². The molecule has 1 aromatic rings. The third-order valence-corrected chi connectivity index (χ3v) is 1.70. The summed E-state index contributed by atoms with van der Waals surface area (Å²) < 4.78 is 5.40. The van der Waals surface area contributed by atoms with E-state index in [1.165, 1.54) is 0 Å². The average Bonchev–Trinajstić information content (AvgIpc) is 2.17. The van der Waals surface area contributed by atoms with Crippen LogP contribution >= 0.6 is 0 Å². The summed E-state index contributed by atoms with van der Waals surface area (Å²) in [6.45, 7) is 6.43. The zero-order valence-corrected chi connectivity index (χ0v) is 9.24. The summed E-state index contributed by atoms with van der Waals surface area (Å²) in [6, 6.07) is 1.76. The number of terminal acetylenes is 1. The van der Waals surface area contributed by atoms with Crippen LogP contribution in [-0.4, -0.2) is 22.6 Å². The maximum Gasteiger partial charge on any atom is 0.226 e. The van der Waals surface area contributed by atoms with Crippen molar-refractivity contribution in [2.75, 3.05) is 11.9 Å². The van der Waals surface area contributed by atoms with Crippen LogP contribution < -0.4 is 10.1 Å². The lowest BCUT2D eigenvalue weighted by molar-refractivity contribution is 0.267. The van der Waals surface area contributed by atoms with Gasteiger partial charge in [0.25, 0.3) is 0 Å². The Kier molecular flexibility index (Phi) is 3.92. The predicted molar refractivity (Wildman–Crippen MR) is 59.9 cm³/mol. The Labute approximate surface area is 90.1 Å². The Hall–Kier alpha value is -1.76. The Bertz CT molecular complexity index is 371. The van der Waals surface area contributed by atoms with Gasteiger partial charge in [-0.2, -0.15) is 4.98 Å². The van der Waals surface area contributed by atoms with E-state index in [2.05, 4.69) is 21.2 Å². The number of hydrogen-bond donors (Lipinski definition) is 1. The van der Waals surface area contributed by atoms with Gasteiger partial charge in [0.15, 0.2) is 6.10 Å². The van der Waals surface area contributed by atoms with E-state index in [1.54, 1.807) is 13.0 Å². The second-order valence-electron chi connectivity index (χ2n) is 3.13. The second-order valence-corrected chi connectivity index (χ2v) is 3.13. The molecule has 4 nitrogen and oxygen atoms in total.